The summed E-state index contributed by atoms with van der Waals surface area (Å²) in [5, 5.41) is 2.44. The van der Waals surface area contributed by atoms with Crippen LogP contribution in [0.15, 0.2) is 88.3 Å². The van der Waals surface area contributed by atoms with E-state index in [2.05, 4.69) is 19.1 Å². The van der Waals surface area contributed by atoms with E-state index in [1.165, 1.54) is 0 Å². The van der Waals surface area contributed by atoms with Crippen molar-refractivity contribution < 1.29 is 13.9 Å². The number of hydrogen-bond acceptors (Lipinski definition) is 6. The highest BCUT2D eigenvalue weighted by Crippen LogP contribution is 2.34. The van der Waals surface area contributed by atoms with E-state index in [-0.39, 0.29) is 0 Å². The van der Waals surface area contributed by atoms with Crippen molar-refractivity contribution in [2.75, 3.05) is 14.2 Å². The fraction of sp³-hybridized carbons (Fsp3) is 0.111. The largest absolute Gasteiger partial charge is 0.493 e. The van der Waals surface area contributed by atoms with E-state index >= 15 is 0 Å². The Labute approximate surface area is 195 Å². The number of ether oxygens (including phenoxy) is 2. The molecule has 0 saturated heterocycles. The lowest BCUT2D eigenvalue weighted by molar-refractivity contribution is 0.355. The molecule has 5 rings (SSSR count). The van der Waals surface area contributed by atoms with E-state index in [1.54, 1.807) is 25.6 Å². The second kappa shape index (κ2) is 8.92. The molecule has 3 aromatic carbocycles. The number of para-hydroxylation sites is 1. The van der Waals surface area contributed by atoms with Crippen LogP contribution in [0.2, 0.25) is 0 Å². The molecule has 5 aromatic rings. The summed E-state index contributed by atoms with van der Waals surface area (Å²) in [4.78, 5) is 10.9. The number of methoxy groups -OCH3 is 2. The molecule has 0 spiro atoms. The van der Waals surface area contributed by atoms with E-state index in [4.69, 9.17) is 23.9 Å². The maximum Gasteiger partial charge on any atom is 0.210 e. The molecule has 0 saturated carbocycles. The second-order valence-corrected chi connectivity index (χ2v) is 8.62. The summed E-state index contributed by atoms with van der Waals surface area (Å²) in [6.45, 7) is 2.08. The molecule has 0 amide bonds. The van der Waals surface area contributed by atoms with Gasteiger partial charge < -0.3 is 13.9 Å². The molecular formula is C27H22N2O3S. The molecule has 0 bridgehead atoms. The fourth-order valence-electron chi connectivity index (χ4n) is 3.74. The third-order valence-corrected chi connectivity index (χ3v) is 6.23. The van der Waals surface area contributed by atoms with E-state index in [0.29, 0.717) is 22.4 Å². The van der Waals surface area contributed by atoms with Crippen molar-refractivity contribution in [1.29, 1.82) is 0 Å². The molecule has 0 aliphatic rings. The van der Waals surface area contributed by atoms with E-state index in [9.17, 15) is 0 Å². The molecule has 0 fully saturated rings. The average molecular weight is 455 g/mol. The minimum absolute atomic E-state index is 0.639. The van der Waals surface area contributed by atoms with Gasteiger partial charge in [0.05, 0.1) is 25.3 Å². The molecule has 0 radical (unpaired) electrons. The number of benzene rings is 3. The molecule has 0 N–H and O–H groups in total. The smallest absolute Gasteiger partial charge is 0.210 e. The molecule has 0 aliphatic carbocycles. The summed E-state index contributed by atoms with van der Waals surface area (Å²) < 4.78 is 17.1. The molecular weight excluding hydrogens is 432 g/mol. The number of aromatic nitrogens is 1. The Balaban J connectivity index is 1.67. The zero-order chi connectivity index (χ0) is 22.8. The van der Waals surface area contributed by atoms with Gasteiger partial charge in [-0.05, 0) is 37.3 Å². The third-order valence-electron chi connectivity index (χ3n) is 5.37. The predicted octanol–water partition coefficient (Wildman–Crippen LogP) is 6.78. The Morgan fingerprint density at radius 3 is 2.36 bits per heavy atom. The monoisotopic (exact) mass is 454 g/mol. The first-order valence-electron chi connectivity index (χ1n) is 10.5. The van der Waals surface area contributed by atoms with Crippen molar-refractivity contribution in [3.8, 4) is 34.1 Å². The number of aryl methyl sites for hydroxylation is 1. The van der Waals surface area contributed by atoms with Crippen LogP contribution >= 0.6 is 11.3 Å². The predicted molar refractivity (Wildman–Crippen MR) is 132 cm³/mol. The summed E-state index contributed by atoms with van der Waals surface area (Å²) >= 11 is 1.58. The number of hydrogen-bond donors (Lipinski definition) is 0. The van der Waals surface area contributed by atoms with Gasteiger partial charge in [0.2, 0.25) is 5.13 Å². The van der Waals surface area contributed by atoms with E-state index in [1.807, 2.05) is 66.7 Å². The Kier molecular flexibility index (Phi) is 5.67. The van der Waals surface area contributed by atoms with Crippen LogP contribution in [0.25, 0.3) is 33.6 Å². The first-order valence-corrected chi connectivity index (χ1v) is 11.3. The lowest BCUT2D eigenvalue weighted by Gasteiger charge is -2.10. The topological polar surface area (TPSA) is 56.9 Å². The Bertz CT molecular complexity index is 1500. The Morgan fingerprint density at radius 1 is 0.818 bits per heavy atom. The van der Waals surface area contributed by atoms with Crippen LogP contribution in [0.5, 0.6) is 11.5 Å². The van der Waals surface area contributed by atoms with Gasteiger partial charge in [-0.15, -0.1) is 0 Å². The molecule has 0 aliphatic heterocycles. The lowest BCUT2D eigenvalue weighted by Crippen LogP contribution is -2.03. The maximum atomic E-state index is 6.22. The van der Waals surface area contributed by atoms with Gasteiger partial charge in [-0.2, -0.15) is 0 Å². The van der Waals surface area contributed by atoms with Gasteiger partial charge in [0.25, 0.3) is 0 Å². The van der Waals surface area contributed by atoms with Crippen LogP contribution in [0.3, 0.4) is 0 Å². The molecule has 33 heavy (non-hydrogen) atoms. The molecule has 2 aromatic heterocycles. The van der Waals surface area contributed by atoms with Crippen molar-refractivity contribution >= 4 is 27.4 Å². The van der Waals surface area contributed by atoms with E-state index in [0.717, 1.165) is 38.0 Å². The highest BCUT2D eigenvalue weighted by molar-refractivity contribution is 7.15. The highest BCUT2D eigenvalue weighted by atomic mass is 32.1. The summed E-state index contributed by atoms with van der Waals surface area (Å²) in [6, 6.07) is 25.7. The van der Waals surface area contributed by atoms with E-state index < -0.39 is 0 Å². The van der Waals surface area contributed by atoms with Gasteiger partial charge in [-0.25, -0.2) is 9.98 Å². The van der Waals surface area contributed by atoms with Gasteiger partial charge in [0, 0.05) is 27.5 Å². The number of nitrogens with zero attached hydrogens (tertiary/aromatic N) is 2. The molecule has 5 nitrogen and oxygen atoms in total. The van der Waals surface area contributed by atoms with Crippen LogP contribution in [-0.2, 0) is 0 Å². The van der Waals surface area contributed by atoms with Crippen molar-refractivity contribution in [2.24, 2.45) is 4.99 Å². The number of fused-ring (bicyclic) bond motifs is 1. The Morgan fingerprint density at radius 2 is 1.58 bits per heavy atom. The highest BCUT2D eigenvalue weighted by Gasteiger charge is 2.12. The standard InChI is InChI=1S/C27H22N2O3S/c1-17-26(18-9-5-4-6-10-18)29-27(33-17)28-21-16-24(32-22-12-8-7-11-20(21)22)19-13-14-23(30-2)25(15-19)31-3/h4-16H,1-3H3. The van der Waals surface area contributed by atoms with Crippen LogP contribution in [-0.4, -0.2) is 19.2 Å². The van der Waals surface area contributed by atoms with Crippen LogP contribution < -0.4 is 14.8 Å². The number of rotatable bonds is 5. The van der Waals surface area contributed by atoms with Gasteiger partial charge in [-0.1, -0.05) is 53.8 Å². The van der Waals surface area contributed by atoms with Gasteiger partial charge in [0.1, 0.15) is 11.3 Å². The van der Waals surface area contributed by atoms with Crippen LogP contribution in [0.1, 0.15) is 4.88 Å². The summed E-state index contributed by atoms with van der Waals surface area (Å²) in [6.07, 6.45) is 0. The van der Waals surface area contributed by atoms with Crippen molar-refractivity contribution in [3.05, 3.63) is 89.1 Å². The van der Waals surface area contributed by atoms with Crippen LogP contribution in [0.4, 0.5) is 5.13 Å². The maximum absolute atomic E-state index is 6.22. The third kappa shape index (κ3) is 4.13. The van der Waals surface area contributed by atoms with Gasteiger partial charge in [-0.3, -0.25) is 0 Å². The molecule has 164 valence electrons. The first kappa shape index (κ1) is 21.0. The van der Waals surface area contributed by atoms with Crippen molar-refractivity contribution in [1.82, 2.24) is 4.98 Å². The van der Waals surface area contributed by atoms with Gasteiger partial charge in [0.15, 0.2) is 11.5 Å². The molecule has 0 atom stereocenters. The molecule has 0 unspecified atom stereocenters. The SMILES string of the molecule is COc1ccc(-c2cc(=Nc3nc(-c4ccccc4)c(C)s3)c3ccccc3o2)cc1OC. The summed E-state index contributed by atoms with van der Waals surface area (Å²) in [7, 11) is 3.24. The minimum Gasteiger partial charge on any atom is -0.493 e. The zero-order valence-corrected chi connectivity index (χ0v) is 19.3. The summed E-state index contributed by atoms with van der Waals surface area (Å²) in [5.41, 5.74) is 3.67. The number of thiazole rings is 1. The summed E-state index contributed by atoms with van der Waals surface area (Å²) in [5.74, 6) is 1.99. The fourth-order valence-corrected chi connectivity index (χ4v) is 4.55. The van der Waals surface area contributed by atoms with Gasteiger partial charge >= 0.3 is 0 Å². The average Bonchev–Trinajstić information content (AvgIpc) is 3.23. The quantitative estimate of drug-likeness (QED) is 0.294. The zero-order valence-electron chi connectivity index (χ0n) is 18.5. The first-order chi connectivity index (χ1) is 16.2. The second-order valence-electron chi connectivity index (χ2n) is 7.44. The van der Waals surface area contributed by atoms with Crippen molar-refractivity contribution in [2.45, 2.75) is 6.92 Å². The molecule has 2 heterocycles. The normalized spacial score (nSPS) is 11.7. The van der Waals surface area contributed by atoms with Crippen LogP contribution in [0, 0.1) is 6.92 Å². The lowest BCUT2D eigenvalue weighted by atomic mass is 10.1. The molecule has 6 heteroatoms. The minimum atomic E-state index is 0.639. The Hall–Kier alpha value is -3.90. The van der Waals surface area contributed by atoms with Crippen molar-refractivity contribution in [3.63, 3.8) is 0 Å².